The fourth-order valence-corrected chi connectivity index (χ4v) is 4.85. The van der Waals surface area contributed by atoms with Crippen LogP contribution in [-0.2, 0) is 10.0 Å². The van der Waals surface area contributed by atoms with Gasteiger partial charge in [-0.2, -0.15) is 4.31 Å². The van der Waals surface area contributed by atoms with E-state index in [1.165, 1.54) is 0 Å². The first-order chi connectivity index (χ1) is 11.8. The Morgan fingerprint density at radius 1 is 0.840 bits per heavy atom. The number of hydrogen-bond donors (Lipinski definition) is 0. The largest absolute Gasteiger partial charge is 0.368 e. The number of rotatable bonds is 3. The molecule has 0 aromatic heterocycles. The van der Waals surface area contributed by atoms with Crippen molar-refractivity contribution in [1.82, 2.24) is 4.31 Å². The molecule has 2 aromatic rings. The van der Waals surface area contributed by atoms with Crippen LogP contribution in [0.5, 0.6) is 0 Å². The summed E-state index contributed by atoms with van der Waals surface area (Å²) >= 11 is 0. The Hall–Kier alpha value is -1.99. The minimum Gasteiger partial charge on any atom is -0.368 e. The second-order valence-corrected chi connectivity index (χ2v) is 8.06. The van der Waals surface area contributed by atoms with Crippen molar-refractivity contribution in [3.05, 3.63) is 59.2 Å². The van der Waals surface area contributed by atoms with Gasteiger partial charge in [-0.3, -0.25) is 0 Å². The monoisotopic (exact) mass is 366 g/mol. The number of piperazine rings is 1. The highest BCUT2D eigenvalue weighted by Gasteiger charge is 2.33. The molecular formula is C18H20F2N2O2S. The zero-order valence-corrected chi connectivity index (χ0v) is 15.0. The van der Waals surface area contributed by atoms with E-state index in [0.29, 0.717) is 13.1 Å². The molecule has 1 fully saturated rings. The molecule has 1 aliphatic heterocycles. The van der Waals surface area contributed by atoms with E-state index in [1.807, 2.05) is 32.0 Å². The van der Waals surface area contributed by atoms with Crippen molar-refractivity contribution in [2.45, 2.75) is 18.7 Å². The minimum atomic E-state index is -4.19. The molecule has 1 aliphatic rings. The Bertz CT molecular complexity index is 851. The van der Waals surface area contributed by atoms with Gasteiger partial charge in [0, 0.05) is 31.9 Å². The van der Waals surface area contributed by atoms with Crippen molar-refractivity contribution >= 4 is 15.7 Å². The number of halogens is 2. The van der Waals surface area contributed by atoms with Crippen molar-refractivity contribution in [2.24, 2.45) is 0 Å². The van der Waals surface area contributed by atoms with Crippen molar-refractivity contribution in [3.8, 4) is 0 Å². The van der Waals surface area contributed by atoms with Gasteiger partial charge >= 0.3 is 0 Å². The molecule has 0 amide bonds. The van der Waals surface area contributed by atoms with Gasteiger partial charge in [-0.05, 0) is 37.1 Å². The number of anilines is 1. The third-order valence-corrected chi connectivity index (χ3v) is 6.46. The first kappa shape index (κ1) is 17.8. The standard InChI is InChI=1S/C18H20F2N2O2S/c1-13-5-3-6-14(2)17(13)21-9-11-22(12-10-21)25(23,24)18-15(19)7-4-8-16(18)20/h3-8H,9-12H2,1-2H3. The zero-order valence-electron chi connectivity index (χ0n) is 14.2. The van der Waals surface area contributed by atoms with E-state index in [1.54, 1.807) is 0 Å². The molecule has 0 saturated carbocycles. The maximum Gasteiger partial charge on any atom is 0.249 e. The quantitative estimate of drug-likeness (QED) is 0.838. The van der Waals surface area contributed by atoms with Gasteiger partial charge in [0.25, 0.3) is 0 Å². The number of hydrogen-bond acceptors (Lipinski definition) is 3. The van der Waals surface area contributed by atoms with Crippen LogP contribution in [0.2, 0.25) is 0 Å². The number of sulfonamides is 1. The SMILES string of the molecule is Cc1cccc(C)c1N1CCN(S(=O)(=O)c2c(F)cccc2F)CC1. The van der Waals surface area contributed by atoms with Crippen molar-refractivity contribution in [2.75, 3.05) is 31.1 Å². The summed E-state index contributed by atoms with van der Waals surface area (Å²) in [4.78, 5) is 1.25. The van der Waals surface area contributed by atoms with Gasteiger partial charge in [0.15, 0.2) is 4.90 Å². The van der Waals surface area contributed by atoms with Crippen LogP contribution < -0.4 is 4.90 Å². The van der Waals surface area contributed by atoms with E-state index in [0.717, 1.165) is 39.3 Å². The summed E-state index contributed by atoms with van der Waals surface area (Å²) < 4.78 is 54.2. The van der Waals surface area contributed by atoms with Crippen LogP contribution in [0.3, 0.4) is 0 Å². The van der Waals surface area contributed by atoms with Crippen LogP contribution >= 0.6 is 0 Å². The summed E-state index contributed by atoms with van der Waals surface area (Å²) in [5, 5.41) is 0. The van der Waals surface area contributed by atoms with Crippen molar-refractivity contribution < 1.29 is 17.2 Å². The van der Waals surface area contributed by atoms with Gasteiger partial charge in [0.05, 0.1) is 0 Å². The number of benzene rings is 2. The van der Waals surface area contributed by atoms with Gasteiger partial charge in [0.2, 0.25) is 10.0 Å². The lowest BCUT2D eigenvalue weighted by Crippen LogP contribution is -2.49. The van der Waals surface area contributed by atoms with Crippen LogP contribution in [0.1, 0.15) is 11.1 Å². The molecule has 0 aliphatic carbocycles. The summed E-state index contributed by atoms with van der Waals surface area (Å²) in [5.41, 5.74) is 3.34. The summed E-state index contributed by atoms with van der Waals surface area (Å²) in [5.74, 6) is -2.12. The normalized spacial score (nSPS) is 16.2. The summed E-state index contributed by atoms with van der Waals surface area (Å²) in [6.07, 6.45) is 0. The van der Waals surface area contributed by atoms with Gasteiger partial charge in [0.1, 0.15) is 11.6 Å². The smallest absolute Gasteiger partial charge is 0.249 e. The molecule has 0 spiro atoms. The molecule has 1 saturated heterocycles. The van der Waals surface area contributed by atoms with Crippen LogP contribution in [-0.4, -0.2) is 38.9 Å². The highest BCUT2D eigenvalue weighted by atomic mass is 32.2. The molecule has 134 valence electrons. The molecule has 4 nitrogen and oxygen atoms in total. The van der Waals surface area contributed by atoms with Gasteiger partial charge in [-0.1, -0.05) is 24.3 Å². The lowest BCUT2D eigenvalue weighted by atomic mass is 10.1. The maximum atomic E-state index is 13.9. The van der Waals surface area contributed by atoms with E-state index in [-0.39, 0.29) is 13.1 Å². The second-order valence-electron chi connectivity index (χ2n) is 6.18. The molecular weight excluding hydrogens is 346 g/mol. The molecule has 0 bridgehead atoms. The van der Waals surface area contributed by atoms with E-state index >= 15 is 0 Å². The highest BCUT2D eigenvalue weighted by Crippen LogP contribution is 2.28. The summed E-state index contributed by atoms with van der Waals surface area (Å²) in [6.45, 7) is 5.34. The maximum absolute atomic E-state index is 13.9. The predicted molar refractivity (Wildman–Crippen MR) is 93.2 cm³/mol. The number of para-hydroxylation sites is 1. The second kappa shape index (κ2) is 6.72. The molecule has 3 rings (SSSR count). The summed E-state index contributed by atoms with van der Waals surface area (Å²) in [6, 6.07) is 9.09. The fraction of sp³-hybridized carbons (Fsp3) is 0.333. The Balaban J connectivity index is 1.83. The molecule has 0 atom stereocenters. The van der Waals surface area contributed by atoms with E-state index in [9.17, 15) is 17.2 Å². The van der Waals surface area contributed by atoms with Gasteiger partial charge < -0.3 is 4.90 Å². The van der Waals surface area contributed by atoms with Crippen LogP contribution in [0.25, 0.3) is 0 Å². The van der Waals surface area contributed by atoms with Crippen molar-refractivity contribution in [1.29, 1.82) is 0 Å². The Morgan fingerprint density at radius 3 is 1.84 bits per heavy atom. The first-order valence-electron chi connectivity index (χ1n) is 8.07. The molecule has 1 heterocycles. The Morgan fingerprint density at radius 2 is 1.32 bits per heavy atom. The summed E-state index contributed by atoms with van der Waals surface area (Å²) in [7, 11) is -4.19. The first-order valence-corrected chi connectivity index (χ1v) is 9.51. The van der Waals surface area contributed by atoms with Crippen LogP contribution in [0.4, 0.5) is 14.5 Å². The van der Waals surface area contributed by atoms with Gasteiger partial charge in [-0.25, -0.2) is 17.2 Å². The average Bonchev–Trinajstić information content (AvgIpc) is 2.55. The number of nitrogens with zero attached hydrogens (tertiary/aromatic N) is 2. The Labute approximate surface area is 146 Å². The van der Waals surface area contributed by atoms with E-state index < -0.39 is 26.6 Å². The fourth-order valence-electron chi connectivity index (χ4n) is 3.31. The molecule has 0 N–H and O–H groups in total. The lowest BCUT2D eigenvalue weighted by molar-refractivity contribution is 0.378. The molecule has 2 aromatic carbocycles. The molecule has 7 heteroatoms. The van der Waals surface area contributed by atoms with E-state index in [2.05, 4.69) is 4.90 Å². The third kappa shape index (κ3) is 3.26. The van der Waals surface area contributed by atoms with Crippen LogP contribution in [0, 0.1) is 25.5 Å². The topological polar surface area (TPSA) is 40.6 Å². The number of aryl methyl sites for hydroxylation is 2. The molecule has 0 unspecified atom stereocenters. The highest BCUT2D eigenvalue weighted by molar-refractivity contribution is 7.89. The predicted octanol–water partition coefficient (Wildman–Crippen LogP) is 3.09. The van der Waals surface area contributed by atoms with Gasteiger partial charge in [-0.15, -0.1) is 0 Å². The average molecular weight is 366 g/mol. The van der Waals surface area contributed by atoms with Crippen molar-refractivity contribution in [3.63, 3.8) is 0 Å². The molecule has 0 radical (unpaired) electrons. The zero-order chi connectivity index (χ0) is 18.2. The molecule has 25 heavy (non-hydrogen) atoms. The third-order valence-electron chi connectivity index (χ3n) is 4.51. The Kier molecular flexibility index (Phi) is 4.79. The minimum absolute atomic E-state index is 0.184. The lowest BCUT2D eigenvalue weighted by Gasteiger charge is -2.37. The van der Waals surface area contributed by atoms with E-state index in [4.69, 9.17) is 0 Å². The van der Waals surface area contributed by atoms with Crippen LogP contribution in [0.15, 0.2) is 41.3 Å².